The largest absolute Gasteiger partial charge is 0.495 e. The lowest BCUT2D eigenvalue weighted by Crippen LogP contribution is -2.45. The number of nitrogens with zero attached hydrogens (tertiary/aromatic N) is 1. The van der Waals surface area contributed by atoms with Crippen LogP contribution in [0.3, 0.4) is 0 Å². The molecule has 1 aromatic carbocycles. The zero-order valence-electron chi connectivity index (χ0n) is 14.0. The van der Waals surface area contributed by atoms with Gasteiger partial charge in [-0.25, -0.2) is 4.79 Å². The van der Waals surface area contributed by atoms with E-state index < -0.39 is 0 Å². The van der Waals surface area contributed by atoms with Crippen LogP contribution in [-0.2, 0) is 4.74 Å². The number of methoxy groups -OCH3 is 1. The number of hydrogen-bond donors (Lipinski definition) is 1. The van der Waals surface area contributed by atoms with E-state index in [9.17, 15) is 4.79 Å². The molecule has 0 unspecified atom stereocenters. The maximum Gasteiger partial charge on any atom is 0.322 e. The van der Waals surface area contributed by atoms with Gasteiger partial charge in [0, 0.05) is 30.8 Å². The van der Waals surface area contributed by atoms with Crippen molar-refractivity contribution in [2.75, 3.05) is 32.1 Å². The average molecular weight is 341 g/mol. The monoisotopic (exact) mass is 340 g/mol. The van der Waals surface area contributed by atoms with Crippen molar-refractivity contribution in [2.24, 2.45) is 0 Å². The van der Waals surface area contributed by atoms with Crippen molar-refractivity contribution in [1.82, 2.24) is 4.90 Å². The van der Waals surface area contributed by atoms with Crippen LogP contribution in [0.15, 0.2) is 12.1 Å². The maximum atomic E-state index is 12.5. The molecule has 0 saturated carbocycles. The normalized spacial score (nSPS) is 17.9. The number of hydrogen-bond acceptors (Lipinski definition) is 3. The van der Waals surface area contributed by atoms with Gasteiger partial charge in [0.05, 0.1) is 18.9 Å². The molecule has 0 aliphatic carbocycles. The number of carbonyl (C=O) groups excluding carboxylic acids is 1. The van der Waals surface area contributed by atoms with Crippen molar-refractivity contribution in [1.29, 1.82) is 0 Å². The minimum Gasteiger partial charge on any atom is -0.495 e. The van der Waals surface area contributed by atoms with E-state index in [1.54, 1.807) is 18.1 Å². The molecule has 1 aromatic rings. The summed E-state index contributed by atoms with van der Waals surface area (Å²) in [5.74, 6) is 0.560. The van der Waals surface area contributed by atoms with Crippen molar-refractivity contribution in [3.05, 3.63) is 22.7 Å². The van der Waals surface area contributed by atoms with Gasteiger partial charge >= 0.3 is 6.03 Å². The molecule has 1 heterocycles. The fourth-order valence-electron chi connectivity index (χ4n) is 2.67. The highest BCUT2D eigenvalue weighted by Gasteiger charge is 2.24. The van der Waals surface area contributed by atoms with Gasteiger partial charge in [0.1, 0.15) is 5.75 Å². The Hall–Kier alpha value is -1.46. The van der Waals surface area contributed by atoms with Gasteiger partial charge in [0.25, 0.3) is 0 Å². The molecule has 1 aliphatic heterocycles. The fourth-order valence-corrected chi connectivity index (χ4v) is 2.82. The standard InChI is InChI=1S/C17H25ClN2O3/c1-4-8-23-13-6-5-7-20(11-13)17(21)19-15-9-12(2)14(18)10-16(15)22-3/h9-10,13H,4-8,11H2,1-3H3,(H,19,21)/t13-/m1/s1. The van der Waals surface area contributed by atoms with Gasteiger partial charge in [0.15, 0.2) is 0 Å². The summed E-state index contributed by atoms with van der Waals surface area (Å²) in [5, 5.41) is 3.54. The molecule has 2 amide bonds. The lowest BCUT2D eigenvalue weighted by molar-refractivity contribution is 0.0115. The van der Waals surface area contributed by atoms with Gasteiger partial charge in [-0.15, -0.1) is 0 Å². The van der Waals surface area contributed by atoms with E-state index in [1.807, 2.05) is 13.0 Å². The number of carbonyl (C=O) groups is 1. The van der Waals surface area contributed by atoms with Crippen LogP contribution >= 0.6 is 11.6 Å². The van der Waals surface area contributed by atoms with Crippen LogP contribution in [0, 0.1) is 6.92 Å². The van der Waals surface area contributed by atoms with Gasteiger partial charge in [-0.1, -0.05) is 18.5 Å². The summed E-state index contributed by atoms with van der Waals surface area (Å²) < 4.78 is 11.1. The summed E-state index contributed by atoms with van der Waals surface area (Å²) in [4.78, 5) is 14.3. The molecule has 0 spiro atoms. The SMILES string of the molecule is CCCO[C@@H]1CCCN(C(=O)Nc2cc(C)c(Cl)cc2OC)C1. The third-order valence-corrected chi connectivity index (χ3v) is 4.35. The van der Waals surface area contributed by atoms with Crippen molar-refractivity contribution in [2.45, 2.75) is 39.2 Å². The Bertz CT molecular complexity index is 551. The molecule has 5 nitrogen and oxygen atoms in total. The number of benzene rings is 1. The number of urea groups is 1. The Morgan fingerprint density at radius 1 is 1.48 bits per heavy atom. The Balaban J connectivity index is 2.02. The Labute approximate surface area is 142 Å². The fraction of sp³-hybridized carbons (Fsp3) is 0.588. The molecule has 0 radical (unpaired) electrons. The second-order valence-corrected chi connectivity index (χ2v) is 6.22. The summed E-state index contributed by atoms with van der Waals surface area (Å²) in [7, 11) is 1.56. The lowest BCUT2D eigenvalue weighted by atomic mass is 10.1. The molecule has 0 aromatic heterocycles. The number of anilines is 1. The molecular weight excluding hydrogens is 316 g/mol. The number of ether oxygens (including phenoxy) is 2. The van der Waals surface area contributed by atoms with E-state index in [0.717, 1.165) is 38.0 Å². The highest BCUT2D eigenvalue weighted by Crippen LogP contribution is 2.31. The third kappa shape index (κ3) is 4.75. The maximum absolute atomic E-state index is 12.5. The molecule has 1 atom stereocenters. The van der Waals surface area contributed by atoms with Crippen LogP contribution in [0.4, 0.5) is 10.5 Å². The van der Waals surface area contributed by atoms with Crippen LogP contribution < -0.4 is 10.1 Å². The van der Waals surface area contributed by atoms with Crippen molar-refractivity contribution < 1.29 is 14.3 Å². The molecule has 2 rings (SSSR count). The molecule has 6 heteroatoms. The number of halogens is 1. The number of nitrogens with one attached hydrogen (secondary N) is 1. The average Bonchev–Trinajstić information content (AvgIpc) is 2.56. The number of piperidine rings is 1. The van der Waals surface area contributed by atoms with E-state index in [0.29, 0.717) is 23.0 Å². The van der Waals surface area contributed by atoms with E-state index in [2.05, 4.69) is 12.2 Å². The minimum absolute atomic E-state index is 0.128. The van der Waals surface area contributed by atoms with E-state index in [4.69, 9.17) is 21.1 Å². The first kappa shape index (κ1) is 17.9. The molecule has 23 heavy (non-hydrogen) atoms. The first-order valence-corrected chi connectivity index (χ1v) is 8.44. The molecule has 1 aliphatic rings. The summed E-state index contributed by atoms with van der Waals surface area (Å²) in [6, 6.07) is 3.42. The van der Waals surface area contributed by atoms with Gasteiger partial charge in [-0.05, 0) is 37.8 Å². The lowest BCUT2D eigenvalue weighted by Gasteiger charge is -2.32. The predicted octanol–water partition coefficient (Wildman–Crippen LogP) is 4.08. The smallest absolute Gasteiger partial charge is 0.322 e. The zero-order chi connectivity index (χ0) is 16.8. The number of aryl methyl sites for hydroxylation is 1. The van der Waals surface area contributed by atoms with Crippen LogP contribution in [0.5, 0.6) is 5.75 Å². The van der Waals surface area contributed by atoms with Crippen molar-refractivity contribution in [3.63, 3.8) is 0 Å². The van der Waals surface area contributed by atoms with E-state index in [1.165, 1.54) is 0 Å². The second-order valence-electron chi connectivity index (χ2n) is 5.81. The quantitative estimate of drug-likeness (QED) is 0.878. The molecule has 0 bridgehead atoms. The number of amides is 2. The van der Waals surface area contributed by atoms with Crippen molar-refractivity contribution >= 4 is 23.3 Å². The van der Waals surface area contributed by atoms with Crippen molar-refractivity contribution in [3.8, 4) is 5.75 Å². The summed E-state index contributed by atoms with van der Waals surface area (Å²) >= 11 is 6.10. The van der Waals surface area contributed by atoms with Crippen LogP contribution in [-0.4, -0.2) is 43.8 Å². The second kappa shape index (κ2) is 8.41. The Morgan fingerprint density at radius 3 is 2.96 bits per heavy atom. The first-order valence-electron chi connectivity index (χ1n) is 8.06. The Morgan fingerprint density at radius 2 is 2.26 bits per heavy atom. The molecule has 1 saturated heterocycles. The van der Waals surface area contributed by atoms with E-state index in [-0.39, 0.29) is 12.1 Å². The number of rotatable bonds is 5. The minimum atomic E-state index is -0.130. The van der Waals surface area contributed by atoms with Gasteiger partial charge in [0.2, 0.25) is 0 Å². The molecule has 1 N–H and O–H groups in total. The number of likely N-dealkylation sites (tertiary alicyclic amines) is 1. The summed E-state index contributed by atoms with van der Waals surface area (Å²) in [6.45, 7) is 6.09. The first-order chi connectivity index (χ1) is 11.0. The highest BCUT2D eigenvalue weighted by atomic mass is 35.5. The van der Waals surface area contributed by atoms with Crippen LogP contribution in [0.2, 0.25) is 5.02 Å². The third-order valence-electron chi connectivity index (χ3n) is 3.95. The molecule has 1 fully saturated rings. The predicted molar refractivity (Wildman–Crippen MR) is 92.6 cm³/mol. The van der Waals surface area contributed by atoms with Gasteiger partial charge in [-0.2, -0.15) is 0 Å². The summed E-state index contributed by atoms with van der Waals surface area (Å²) in [5.41, 5.74) is 1.53. The van der Waals surface area contributed by atoms with Crippen LogP contribution in [0.25, 0.3) is 0 Å². The van der Waals surface area contributed by atoms with Gasteiger partial charge in [-0.3, -0.25) is 0 Å². The topological polar surface area (TPSA) is 50.8 Å². The van der Waals surface area contributed by atoms with Crippen LogP contribution in [0.1, 0.15) is 31.7 Å². The Kier molecular flexibility index (Phi) is 6.54. The summed E-state index contributed by atoms with van der Waals surface area (Å²) in [6.07, 6.45) is 3.08. The highest BCUT2D eigenvalue weighted by molar-refractivity contribution is 6.31. The zero-order valence-corrected chi connectivity index (χ0v) is 14.8. The van der Waals surface area contributed by atoms with Gasteiger partial charge < -0.3 is 19.7 Å². The molecule has 128 valence electrons. The van der Waals surface area contributed by atoms with E-state index >= 15 is 0 Å². The molecular formula is C17H25ClN2O3.